The molecule has 0 aromatic rings. The van der Waals surface area contributed by atoms with Crippen molar-refractivity contribution >= 4 is 0 Å². The van der Waals surface area contributed by atoms with Crippen LogP contribution in [-0.4, -0.2) is 13.7 Å². The van der Waals surface area contributed by atoms with Crippen LogP contribution in [0, 0.1) is 5.92 Å². The van der Waals surface area contributed by atoms with Crippen LogP contribution in [0.25, 0.3) is 0 Å². The second-order valence-corrected chi connectivity index (χ2v) is 4.51. The largest absolute Gasteiger partial charge is 0.384 e. The average Bonchev–Trinajstić information content (AvgIpc) is 2.24. The molecule has 15 heavy (non-hydrogen) atoms. The van der Waals surface area contributed by atoms with Crippen molar-refractivity contribution in [3.05, 3.63) is 11.6 Å². The first-order valence-electron chi connectivity index (χ1n) is 6.35. The third-order valence-corrected chi connectivity index (χ3v) is 2.97. The average molecular weight is 212 g/mol. The molecule has 0 saturated carbocycles. The third-order valence-electron chi connectivity index (χ3n) is 2.97. The maximum Gasteiger partial charge on any atom is 0.0493 e. The van der Waals surface area contributed by atoms with Gasteiger partial charge in [-0.3, -0.25) is 0 Å². The quantitative estimate of drug-likeness (QED) is 0.401. The first-order chi connectivity index (χ1) is 7.24. The van der Waals surface area contributed by atoms with Crippen molar-refractivity contribution < 1.29 is 4.74 Å². The van der Waals surface area contributed by atoms with Gasteiger partial charge in [0.05, 0.1) is 0 Å². The Morgan fingerprint density at radius 1 is 1.27 bits per heavy atom. The summed E-state index contributed by atoms with van der Waals surface area (Å²) in [6.45, 7) is 7.51. The Kier molecular flexibility index (Phi) is 10.0. The van der Waals surface area contributed by atoms with Gasteiger partial charge in [0, 0.05) is 13.7 Å². The minimum absolute atomic E-state index is 0.725. The smallest absolute Gasteiger partial charge is 0.0493 e. The predicted molar refractivity (Wildman–Crippen MR) is 68.2 cm³/mol. The molecule has 0 saturated heterocycles. The first kappa shape index (κ1) is 14.7. The predicted octanol–water partition coefficient (Wildman–Crippen LogP) is 4.58. The minimum atomic E-state index is 0.725. The first-order valence-corrected chi connectivity index (χ1v) is 6.35. The Labute approximate surface area is 95.9 Å². The van der Waals surface area contributed by atoms with Gasteiger partial charge in [-0.25, -0.2) is 0 Å². The molecule has 0 amide bonds. The van der Waals surface area contributed by atoms with Gasteiger partial charge in [0.25, 0.3) is 0 Å². The van der Waals surface area contributed by atoms with Crippen LogP contribution in [0.5, 0.6) is 0 Å². The van der Waals surface area contributed by atoms with E-state index in [-0.39, 0.29) is 0 Å². The standard InChI is InChI=1S/C14H28O/c1-5-7-8-9-10-14(12-15-4)11-13(3)6-2/h6,14H,5,7-12H2,1-4H3. The fourth-order valence-corrected chi connectivity index (χ4v) is 1.91. The maximum atomic E-state index is 5.28. The van der Waals surface area contributed by atoms with Crippen LogP contribution in [0.4, 0.5) is 0 Å². The third kappa shape index (κ3) is 8.68. The molecule has 0 aromatic carbocycles. The van der Waals surface area contributed by atoms with Gasteiger partial charge in [0.15, 0.2) is 0 Å². The fraction of sp³-hybridized carbons (Fsp3) is 0.857. The van der Waals surface area contributed by atoms with Gasteiger partial charge in [-0.1, -0.05) is 44.3 Å². The van der Waals surface area contributed by atoms with Gasteiger partial charge in [0.1, 0.15) is 0 Å². The van der Waals surface area contributed by atoms with Crippen LogP contribution in [0.2, 0.25) is 0 Å². The van der Waals surface area contributed by atoms with Crippen molar-refractivity contribution in [2.45, 2.75) is 59.3 Å². The van der Waals surface area contributed by atoms with E-state index in [0.717, 1.165) is 12.5 Å². The molecule has 1 heteroatoms. The highest BCUT2D eigenvalue weighted by Gasteiger charge is 2.08. The normalized spacial score (nSPS) is 14.3. The molecule has 0 radical (unpaired) electrons. The van der Waals surface area contributed by atoms with E-state index < -0.39 is 0 Å². The molecule has 0 spiro atoms. The molecule has 0 aliphatic rings. The zero-order chi connectivity index (χ0) is 11.5. The number of hydrogen-bond acceptors (Lipinski definition) is 1. The fourth-order valence-electron chi connectivity index (χ4n) is 1.91. The molecule has 1 atom stereocenters. The van der Waals surface area contributed by atoms with Crippen LogP contribution in [-0.2, 0) is 4.74 Å². The van der Waals surface area contributed by atoms with Gasteiger partial charge in [-0.05, 0) is 32.6 Å². The maximum absolute atomic E-state index is 5.28. The summed E-state index contributed by atoms with van der Waals surface area (Å²) in [5.41, 5.74) is 1.49. The molecule has 0 heterocycles. The van der Waals surface area contributed by atoms with Crippen LogP contribution in [0.15, 0.2) is 11.6 Å². The number of unbranched alkanes of at least 4 members (excludes halogenated alkanes) is 3. The molecule has 1 unspecified atom stereocenters. The Hall–Kier alpha value is -0.300. The zero-order valence-electron chi connectivity index (χ0n) is 11.0. The van der Waals surface area contributed by atoms with Gasteiger partial charge < -0.3 is 4.74 Å². The van der Waals surface area contributed by atoms with E-state index in [1.54, 1.807) is 0 Å². The van der Waals surface area contributed by atoms with Crippen molar-refractivity contribution in [1.82, 2.24) is 0 Å². The van der Waals surface area contributed by atoms with Crippen molar-refractivity contribution in [2.75, 3.05) is 13.7 Å². The second kappa shape index (κ2) is 10.2. The van der Waals surface area contributed by atoms with Crippen LogP contribution >= 0.6 is 0 Å². The van der Waals surface area contributed by atoms with Crippen molar-refractivity contribution in [1.29, 1.82) is 0 Å². The molecule has 0 N–H and O–H groups in total. The molecular weight excluding hydrogens is 184 g/mol. The highest BCUT2D eigenvalue weighted by molar-refractivity contribution is 4.96. The van der Waals surface area contributed by atoms with Gasteiger partial charge in [-0.2, -0.15) is 0 Å². The van der Waals surface area contributed by atoms with E-state index in [1.807, 2.05) is 7.11 Å². The topological polar surface area (TPSA) is 9.23 Å². The lowest BCUT2D eigenvalue weighted by molar-refractivity contribution is 0.146. The van der Waals surface area contributed by atoms with Crippen molar-refractivity contribution in [3.8, 4) is 0 Å². The van der Waals surface area contributed by atoms with Gasteiger partial charge in [0.2, 0.25) is 0 Å². The van der Waals surface area contributed by atoms with E-state index in [0.29, 0.717) is 0 Å². The second-order valence-electron chi connectivity index (χ2n) is 4.51. The van der Waals surface area contributed by atoms with Gasteiger partial charge in [-0.15, -0.1) is 0 Å². The highest BCUT2D eigenvalue weighted by Crippen LogP contribution is 2.19. The molecule has 1 nitrogen and oxygen atoms in total. The summed E-state index contributed by atoms with van der Waals surface area (Å²) in [5, 5.41) is 0. The number of methoxy groups -OCH3 is 1. The van der Waals surface area contributed by atoms with E-state index >= 15 is 0 Å². The Morgan fingerprint density at radius 3 is 2.53 bits per heavy atom. The van der Waals surface area contributed by atoms with Gasteiger partial charge >= 0.3 is 0 Å². The van der Waals surface area contributed by atoms with E-state index in [2.05, 4.69) is 26.8 Å². The zero-order valence-corrected chi connectivity index (χ0v) is 11.0. The number of allylic oxidation sites excluding steroid dienone is 2. The SMILES string of the molecule is CC=C(C)CC(CCCCCC)COC. The molecule has 0 rings (SSSR count). The summed E-state index contributed by atoms with van der Waals surface area (Å²) in [6, 6.07) is 0. The van der Waals surface area contributed by atoms with Crippen molar-refractivity contribution in [2.24, 2.45) is 5.92 Å². The van der Waals surface area contributed by atoms with E-state index in [1.165, 1.54) is 44.1 Å². The molecular formula is C14H28O. The molecule has 0 aromatic heterocycles. The monoisotopic (exact) mass is 212 g/mol. The summed E-state index contributed by atoms with van der Waals surface area (Å²) in [4.78, 5) is 0. The molecule has 0 fully saturated rings. The van der Waals surface area contributed by atoms with E-state index in [9.17, 15) is 0 Å². The number of hydrogen-bond donors (Lipinski definition) is 0. The van der Waals surface area contributed by atoms with Crippen LogP contribution in [0.3, 0.4) is 0 Å². The Bertz CT molecular complexity index is 161. The summed E-state index contributed by atoms with van der Waals surface area (Å²) in [6.07, 6.45) is 10.2. The Balaban J connectivity index is 3.72. The molecule has 0 bridgehead atoms. The lowest BCUT2D eigenvalue weighted by Gasteiger charge is -2.16. The Morgan fingerprint density at radius 2 is 2.00 bits per heavy atom. The summed E-state index contributed by atoms with van der Waals surface area (Å²) >= 11 is 0. The summed E-state index contributed by atoms with van der Waals surface area (Å²) < 4.78 is 5.28. The molecule has 0 aliphatic carbocycles. The lowest BCUT2D eigenvalue weighted by atomic mass is 9.94. The summed E-state index contributed by atoms with van der Waals surface area (Å²) in [7, 11) is 1.81. The van der Waals surface area contributed by atoms with Crippen LogP contribution < -0.4 is 0 Å². The lowest BCUT2D eigenvalue weighted by Crippen LogP contribution is -2.08. The van der Waals surface area contributed by atoms with E-state index in [4.69, 9.17) is 4.74 Å². The molecule has 90 valence electrons. The van der Waals surface area contributed by atoms with Crippen LogP contribution in [0.1, 0.15) is 59.3 Å². The summed E-state index contributed by atoms with van der Waals surface area (Å²) in [5.74, 6) is 0.725. The highest BCUT2D eigenvalue weighted by atomic mass is 16.5. The minimum Gasteiger partial charge on any atom is -0.384 e. The number of ether oxygens (including phenoxy) is 1. The van der Waals surface area contributed by atoms with Crippen molar-refractivity contribution in [3.63, 3.8) is 0 Å². The number of rotatable bonds is 9. The molecule has 0 aliphatic heterocycles.